The van der Waals surface area contributed by atoms with Gasteiger partial charge < -0.3 is 5.32 Å². The summed E-state index contributed by atoms with van der Waals surface area (Å²) in [5.41, 5.74) is 4.43. The average molecular weight is 391 g/mol. The number of anilines is 1. The molecule has 0 spiro atoms. The first-order valence-electron chi connectivity index (χ1n) is 9.45. The molecule has 4 rings (SSSR count). The number of aryl methyl sites for hydroxylation is 3. The average Bonchev–Trinajstić information content (AvgIpc) is 3.21. The van der Waals surface area contributed by atoms with Gasteiger partial charge in [-0.3, -0.25) is 5.41 Å². The fraction of sp³-hybridized carbons (Fsp3) is 0.238. The van der Waals surface area contributed by atoms with Crippen molar-refractivity contribution in [3.8, 4) is 11.1 Å². The van der Waals surface area contributed by atoms with Gasteiger partial charge >= 0.3 is 0 Å². The van der Waals surface area contributed by atoms with Crippen molar-refractivity contribution in [2.45, 2.75) is 33.7 Å². The molecule has 8 heteroatoms. The molecule has 3 heterocycles. The molecule has 2 aromatic heterocycles. The Balaban J connectivity index is 1.78. The number of aliphatic imine (C=N–C) groups is 1. The molecular formula is C21H22FN7. The third-order valence-electron chi connectivity index (χ3n) is 4.72. The number of rotatable bonds is 3. The predicted octanol–water partition coefficient (Wildman–Crippen LogP) is 4.04. The number of nitrogens with zero attached hydrogens (tertiary/aromatic N) is 5. The quantitative estimate of drug-likeness (QED) is 0.707. The minimum atomic E-state index is -0.288. The van der Waals surface area contributed by atoms with Gasteiger partial charge in [0.1, 0.15) is 17.5 Å². The Morgan fingerprint density at radius 3 is 2.59 bits per heavy atom. The molecule has 0 saturated carbocycles. The van der Waals surface area contributed by atoms with E-state index in [1.165, 1.54) is 12.1 Å². The van der Waals surface area contributed by atoms with Crippen molar-refractivity contribution in [3.05, 3.63) is 59.3 Å². The van der Waals surface area contributed by atoms with Crippen LogP contribution in [0.4, 0.5) is 10.2 Å². The SMILES string of the molecule is CCc1nn2c(c1-c1ccc(F)cc1)NC(=N)/C=C(n1nc(C)cc1C)\N=C/C2. The summed E-state index contributed by atoms with van der Waals surface area (Å²) in [5.74, 6) is 1.12. The molecule has 0 radical (unpaired) electrons. The molecule has 148 valence electrons. The summed E-state index contributed by atoms with van der Waals surface area (Å²) in [6, 6.07) is 8.29. The highest BCUT2D eigenvalue weighted by Crippen LogP contribution is 2.33. The third kappa shape index (κ3) is 3.61. The molecule has 1 aliphatic heterocycles. The Morgan fingerprint density at radius 2 is 1.93 bits per heavy atom. The molecule has 0 fully saturated rings. The van der Waals surface area contributed by atoms with Gasteiger partial charge in [0.05, 0.1) is 17.9 Å². The number of halogens is 1. The van der Waals surface area contributed by atoms with Crippen LogP contribution in [0.2, 0.25) is 0 Å². The van der Waals surface area contributed by atoms with Crippen molar-refractivity contribution in [1.82, 2.24) is 19.6 Å². The first kappa shape index (κ1) is 18.8. The third-order valence-corrected chi connectivity index (χ3v) is 4.72. The lowest BCUT2D eigenvalue weighted by atomic mass is 10.0. The molecule has 1 aliphatic rings. The Bertz CT molecular complexity index is 1130. The molecule has 0 atom stereocenters. The van der Waals surface area contributed by atoms with Crippen molar-refractivity contribution in [3.63, 3.8) is 0 Å². The van der Waals surface area contributed by atoms with E-state index in [0.717, 1.165) is 28.2 Å². The summed E-state index contributed by atoms with van der Waals surface area (Å²) in [7, 11) is 0. The Hall–Kier alpha value is -3.55. The molecule has 29 heavy (non-hydrogen) atoms. The minimum absolute atomic E-state index is 0.166. The second-order valence-corrected chi connectivity index (χ2v) is 6.90. The highest BCUT2D eigenvalue weighted by molar-refractivity contribution is 6.06. The van der Waals surface area contributed by atoms with Gasteiger partial charge in [-0.25, -0.2) is 18.7 Å². The van der Waals surface area contributed by atoms with Crippen molar-refractivity contribution >= 4 is 23.7 Å². The van der Waals surface area contributed by atoms with E-state index < -0.39 is 0 Å². The topological polar surface area (TPSA) is 83.9 Å². The zero-order valence-electron chi connectivity index (χ0n) is 16.6. The maximum absolute atomic E-state index is 13.4. The number of hydrogen-bond acceptors (Lipinski definition) is 4. The van der Waals surface area contributed by atoms with Gasteiger partial charge in [-0.2, -0.15) is 10.2 Å². The van der Waals surface area contributed by atoms with Crippen molar-refractivity contribution in [1.29, 1.82) is 5.41 Å². The second-order valence-electron chi connectivity index (χ2n) is 6.90. The van der Waals surface area contributed by atoms with Crippen LogP contribution in [0.5, 0.6) is 0 Å². The molecule has 0 bridgehead atoms. The van der Waals surface area contributed by atoms with E-state index in [0.29, 0.717) is 24.6 Å². The number of nitrogens with one attached hydrogen (secondary N) is 2. The predicted molar refractivity (Wildman–Crippen MR) is 113 cm³/mol. The van der Waals surface area contributed by atoms with Gasteiger partial charge in [0.15, 0.2) is 5.82 Å². The zero-order valence-corrected chi connectivity index (χ0v) is 16.6. The molecule has 2 N–H and O–H groups in total. The Labute approximate surface area is 168 Å². The maximum Gasteiger partial charge on any atom is 0.156 e. The summed E-state index contributed by atoms with van der Waals surface area (Å²) in [6.45, 7) is 6.32. The van der Waals surface area contributed by atoms with Crippen LogP contribution in [0.3, 0.4) is 0 Å². The summed E-state index contributed by atoms with van der Waals surface area (Å²) in [5, 5.41) is 20.8. The highest BCUT2D eigenvalue weighted by Gasteiger charge is 2.20. The van der Waals surface area contributed by atoms with Crippen LogP contribution in [0.1, 0.15) is 24.0 Å². The monoisotopic (exact) mass is 391 g/mol. The number of aromatic nitrogens is 4. The molecular weight excluding hydrogens is 369 g/mol. The van der Waals surface area contributed by atoms with Gasteiger partial charge in [-0.15, -0.1) is 0 Å². The lowest BCUT2D eigenvalue weighted by molar-refractivity contribution is 0.628. The summed E-state index contributed by atoms with van der Waals surface area (Å²) < 4.78 is 16.9. The lowest BCUT2D eigenvalue weighted by Gasteiger charge is -2.10. The summed E-state index contributed by atoms with van der Waals surface area (Å²) >= 11 is 0. The molecule has 0 saturated heterocycles. The van der Waals surface area contributed by atoms with E-state index in [2.05, 4.69) is 15.4 Å². The second kappa shape index (κ2) is 7.46. The highest BCUT2D eigenvalue weighted by atomic mass is 19.1. The smallest absolute Gasteiger partial charge is 0.156 e. The minimum Gasteiger partial charge on any atom is -0.325 e. The zero-order chi connectivity index (χ0) is 20.5. The van der Waals surface area contributed by atoms with Gasteiger partial charge in [0.2, 0.25) is 0 Å². The van der Waals surface area contributed by atoms with Crippen LogP contribution in [-0.2, 0) is 13.0 Å². The van der Waals surface area contributed by atoms with Gasteiger partial charge in [0, 0.05) is 23.5 Å². The van der Waals surface area contributed by atoms with Crippen LogP contribution in [-0.4, -0.2) is 31.6 Å². The Kier molecular flexibility index (Phi) is 4.84. The van der Waals surface area contributed by atoms with Gasteiger partial charge in [-0.05, 0) is 44.0 Å². The van der Waals surface area contributed by atoms with E-state index in [1.807, 2.05) is 26.8 Å². The van der Waals surface area contributed by atoms with Crippen LogP contribution in [0.25, 0.3) is 16.9 Å². The molecule has 3 aromatic rings. The van der Waals surface area contributed by atoms with Gasteiger partial charge in [-0.1, -0.05) is 19.1 Å². The number of benzene rings is 1. The Morgan fingerprint density at radius 1 is 1.17 bits per heavy atom. The van der Waals surface area contributed by atoms with Crippen molar-refractivity contribution in [2.75, 3.05) is 5.32 Å². The first-order chi connectivity index (χ1) is 14.0. The van der Waals surface area contributed by atoms with E-state index in [-0.39, 0.29) is 11.7 Å². The summed E-state index contributed by atoms with van der Waals surface area (Å²) in [6.07, 6.45) is 4.11. The maximum atomic E-state index is 13.4. The van der Waals surface area contributed by atoms with Crippen LogP contribution in [0.15, 0.2) is 41.4 Å². The van der Waals surface area contributed by atoms with E-state index >= 15 is 0 Å². The molecule has 7 nitrogen and oxygen atoms in total. The van der Waals surface area contributed by atoms with E-state index in [9.17, 15) is 4.39 Å². The van der Waals surface area contributed by atoms with Crippen molar-refractivity contribution < 1.29 is 4.39 Å². The molecule has 0 unspecified atom stereocenters. The summed E-state index contributed by atoms with van der Waals surface area (Å²) in [4.78, 5) is 4.53. The standard InChI is InChI=1S/C21H22FN7/c1-4-17-20(15-5-7-16(22)8-6-15)21-25-18(23)12-19(24-9-10-28(21)27-17)29-14(3)11-13(2)26-29/h5-9,11-12H,4,10H2,1-3H3,(H2,23,25)/b19-12+,24-9-. The largest absolute Gasteiger partial charge is 0.325 e. The molecule has 1 aromatic carbocycles. The fourth-order valence-electron chi connectivity index (χ4n) is 3.46. The normalized spacial score (nSPS) is 16.8. The molecule has 0 amide bonds. The fourth-order valence-corrected chi connectivity index (χ4v) is 3.46. The van der Waals surface area contributed by atoms with Crippen molar-refractivity contribution in [2.24, 2.45) is 4.99 Å². The van der Waals surface area contributed by atoms with E-state index in [1.54, 1.807) is 33.8 Å². The van der Waals surface area contributed by atoms with Gasteiger partial charge in [0.25, 0.3) is 0 Å². The van der Waals surface area contributed by atoms with Crippen LogP contribution >= 0.6 is 0 Å². The molecule has 0 aliphatic carbocycles. The van der Waals surface area contributed by atoms with Crippen LogP contribution < -0.4 is 5.32 Å². The number of amidine groups is 1. The first-order valence-corrected chi connectivity index (χ1v) is 9.45. The van der Waals surface area contributed by atoms with Crippen LogP contribution in [0, 0.1) is 25.1 Å². The van der Waals surface area contributed by atoms with E-state index in [4.69, 9.17) is 10.5 Å². The lowest BCUT2D eigenvalue weighted by Crippen LogP contribution is -2.14. The number of fused-ring (bicyclic) bond motifs is 1. The number of hydrogen-bond donors (Lipinski definition) is 2.